The zero-order chi connectivity index (χ0) is 12.8. The van der Waals surface area contributed by atoms with Crippen LogP contribution in [0, 0.1) is 0 Å². The maximum Gasteiger partial charge on any atom is 0.0537 e. The van der Waals surface area contributed by atoms with Crippen LogP contribution in [0.15, 0.2) is 12.4 Å². The zero-order valence-electron chi connectivity index (χ0n) is 11.6. The van der Waals surface area contributed by atoms with Gasteiger partial charge in [0.05, 0.1) is 6.20 Å². The van der Waals surface area contributed by atoms with Gasteiger partial charge in [0.15, 0.2) is 0 Å². The predicted octanol–water partition coefficient (Wildman–Crippen LogP) is 3.23. The van der Waals surface area contributed by atoms with Gasteiger partial charge in [-0.25, -0.2) is 0 Å². The van der Waals surface area contributed by atoms with Crippen molar-refractivity contribution in [1.29, 1.82) is 0 Å². The van der Waals surface area contributed by atoms with Crippen molar-refractivity contribution in [3.63, 3.8) is 0 Å². The van der Waals surface area contributed by atoms with Crippen LogP contribution in [0.25, 0.3) is 0 Å². The maximum atomic E-state index is 4.39. The van der Waals surface area contributed by atoms with Crippen molar-refractivity contribution in [1.82, 2.24) is 15.1 Å². The molecule has 1 aromatic rings. The van der Waals surface area contributed by atoms with Crippen LogP contribution in [0.3, 0.4) is 0 Å². The van der Waals surface area contributed by atoms with Gasteiger partial charge in [-0.3, -0.25) is 4.68 Å². The highest BCUT2D eigenvalue weighted by atomic mass is 32.2. The van der Waals surface area contributed by atoms with E-state index in [2.05, 4.69) is 42.2 Å². The minimum Gasteiger partial charge on any atom is -0.309 e. The van der Waals surface area contributed by atoms with Crippen molar-refractivity contribution in [2.75, 3.05) is 12.3 Å². The molecule has 1 aliphatic rings. The fourth-order valence-electron chi connectivity index (χ4n) is 2.54. The first-order valence-electron chi connectivity index (χ1n) is 7.20. The van der Waals surface area contributed by atoms with E-state index in [-0.39, 0.29) is 0 Å². The first-order valence-corrected chi connectivity index (χ1v) is 8.25. The third kappa shape index (κ3) is 3.75. The molecular formula is C14H25N3S. The molecule has 0 bridgehead atoms. The van der Waals surface area contributed by atoms with Crippen molar-refractivity contribution in [2.24, 2.45) is 0 Å². The molecule has 3 nitrogen and oxygen atoms in total. The summed E-state index contributed by atoms with van der Waals surface area (Å²) in [6, 6.07) is 0.459. The molecule has 0 saturated heterocycles. The van der Waals surface area contributed by atoms with Gasteiger partial charge in [-0.2, -0.15) is 16.9 Å². The largest absolute Gasteiger partial charge is 0.309 e. The normalized spacial score (nSPS) is 18.3. The van der Waals surface area contributed by atoms with Gasteiger partial charge < -0.3 is 5.32 Å². The Kier molecular flexibility index (Phi) is 5.57. The molecule has 4 heteroatoms. The molecule has 1 aliphatic carbocycles. The van der Waals surface area contributed by atoms with Crippen molar-refractivity contribution in [3.05, 3.63) is 18.0 Å². The van der Waals surface area contributed by atoms with Crippen molar-refractivity contribution >= 4 is 11.8 Å². The smallest absolute Gasteiger partial charge is 0.0537 e. The zero-order valence-corrected chi connectivity index (χ0v) is 12.4. The van der Waals surface area contributed by atoms with E-state index < -0.39 is 0 Å². The molecule has 1 saturated carbocycles. The quantitative estimate of drug-likeness (QED) is 0.822. The van der Waals surface area contributed by atoms with E-state index in [1.165, 1.54) is 37.0 Å². The molecule has 0 radical (unpaired) electrons. The SMILES string of the molecule is CCNC(CSC1CCCC1)c1cnn(CC)c1. The van der Waals surface area contributed by atoms with Crippen molar-refractivity contribution in [3.8, 4) is 0 Å². The number of hydrogen-bond acceptors (Lipinski definition) is 3. The Bertz CT molecular complexity index is 345. The minimum atomic E-state index is 0.459. The predicted molar refractivity (Wildman–Crippen MR) is 79.0 cm³/mol. The lowest BCUT2D eigenvalue weighted by Gasteiger charge is -2.18. The maximum absolute atomic E-state index is 4.39. The summed E-state index contributed by atoms with van der Waals surface area (Å²) in [5.41, 5.74) is 1.34. The van der Waals surface area contributed by atoms with Crippen LogP contribution in [0.4, 0.5) is 0 Å². The molecule has 1 aromatic heterocycles. The molecule has 2 rings (SSSR count). The van der Waals surface area contributed by atoms with E-state index in [0.717, 1.165) is 18.3 Å². The Hall–Kier alpha value is -0.480. The van der Waals surface area contributed by atoms with Gasteiger partial charge >= 0.3 is 0 Å². The standard InChI is InChI=1S/C14H25N3S/c1-3-15-14(11-18-13-7-5-6-8-13)12-9-16-17(4-2)10-12/h9-10,13-15H,3-8,11H2,1-2H3. The summed E-state index contributed by atoms with van der Waals surface area (Å²) in [5.74, 6) is 1.17. The fraction of sp³-hybridized carbons (Fsp3) is 0.786. The number of aryl methyl sites for hydroxylation is 1. The number of aromatic nitrogens is 2. The minimum absolute atomic E-state index is 0.459. The van der Waals surface area contributed by atoms with E-state index in [1.54, 1.807) is 0 Å². The second-order valence-corrected chi connectivity index (χ2v) is 6.31. The van der Waals surface area contributed by atoms with E-state index in [9.17, 15) is 0 Å². The highest BCUT2D eigenvalue weighted by molar-refractivity contribution is 7.99. The Balaban J connectivity index is 1.89. The Morgan fingerprint density at radius 3 is 2.83 bits per heavy atom. The van der Waals surface area contributed by atoms with Crippen LogP contribution in [-0.2, 0) is 6.54 Å². The molecule has 1 heterocycles. The Labute approximate surface area is 115 Å². The molecule has 0 spiro atoms. The number of hydrogen-bond donors (Lipinski definition) is 1. The molecule has 1 N–H and O–H groups in total. The molecular weight excluding hydrogens is 242 g/mol. The Morgan fingerprint density at radius 1 is 1.44 bits per heavy atom. The topological polar surface area (TPSA) is 29.9 Å². The van der Waals surface area contributed by atoms with Gasteiger partial charge in [-0.1, -0.05) is 19.8 Å². The highest BCUT2D eigenvalue weighted by Crippen LogP contribution is 2.31. The fourth-order valence-corrected chi connectivity index (χ4v) is 3.98. The van der Waals surface area contributed by atoms with E-state index in [4.69, 9.17) is 0 Å². The van der Waals surface area contributed by atoms with Crippen LogP contribution >= 0.6 is 11.8 Å². The molecule has 0 aliphatic heterocycles. The average Bonchev–Trinajstić information content (AvgIpc) is 3.05. The van der Waals surface area contributed by atoms with Gasteiger partial charge in [0.2, 0.25) is 0 Å². The third-order valence-corrected chi connectivity index (χ3v) is 5.10. The van der Waals surface area contributed by atoms with Crippen molar-refractivity contribution in [2.45, 2.75) is 57.4 Å². The molecule has 1 unspecified atom stereocenters. The summed E-state index contributed by atoms with van der Waals surface area (Å²) < 4.78 is 2.01. The highest BCUT2D eigenvalue weighted by Gasteiger charge is 2.19. The average molecular weight is 267 g/mol. The van der Waals surface area contributed by atoms with Gasteiger partial charge in [-0.05, 0) is 26.3 Å². The molecule has 18 heavy (non-hydrogen) atoms. The Morgan fingerprint density at radius 2 is 2.22 bits per heavy atom. The second-order valence-electron chi connectivity index (χ2n) is 4.98. The molecule has 102 valence electrons. The van der Waals surface area contributed by atoms with Gasteiger partial charge in [0, 0.05) is 35.3 Å². The van der Waals surface area contributed by atoms with Crippen LogP contribution in [0.1, 0.15) is 51.1 Å². The second kappa shape index (κ2) is 7.19. The third-order valence-electron chi connectivity index (χ3n) is 3.63. The summed E-state index contributed by atoms with van der Waals surface area (Å²) >= 11 is 2.14. The molecule has 1 atom stereocenters. The lowest BCUT2D eigenvalue weighted by Crippen LogP contribution is -2.23. The van der Waals surface area contributed by atoms with E-state index in [0.29, 0.717) is 6.04 Å². The summed E-state index contributed by atoms with van der Waals surface area (Å²) in [6.07, 6.45) is 9.89. The summed E-state index contributed by atoms with van der Waals surface area (Å²) in [7, 11) is 0. The van der Waals surface area contributed by atoms with Crippen LogP contribution < -0.4 is 5.32 Å². The summed E-state index contributed by atoms with van der Waals surface area (Å²) in [4.78, 5) is 0. The molecule has 0 amide bonds. The van der Waals surface area contributed by atoms with Gasteiger partial charge in [0.25, 0.3) is 0 Å². The van der Waals surface area contributed by atoms with Crippen LogP contribution in [0.2, 0.25) is 0 Å². The van der Waals surface area contributed by atoms with Crippen LogP contribution in [0.5, 0.6) is 0 Å². The molecule has 1 fully saturated rings. The lowest BCUT2D eigenvalue weighted by molar-refractivity contribution is 0.601. The first-order chi connectivity index (χ1) is 8.83. The number of thioether (sulfide) groups is 1. The monoisotopic (exact) mass is 267 g/mol. The van der Waals surface area contributed by atoms with E-state index >= 15 is 0 Å². The number of nitrogens with zero attached hydrogens (tertiary/aromatic N) is 2. The van der Waals surface area contributed by atoms with Crippen LogP contribution in [-0.4, -0.2) is 27.3 Å². The summed E-state index contributed by atoms with van der Waals surface area (Å²) in [6.45, 7) is 6.28. The number of rotatable bonds is 7. The molecule has 0 aromatic carbocycles. The van der Waals surface area contributed by atoms with Crippen molar-refractivity contribution < 1.29 is 0 Å². The summed E-state index contributed by atoms with van der Waals surface area (Å²) in [5, 5.41) is 8.87. The number of nitrogens with one attached hydrogen (secondary N) is 1. The van der Waals surface area contributed by atoms with Gasteiger partial charge in [0.1, 0.15) is 0 Å². The lowest BCUT2D eigenvalue weighted by atomic mass is 10.2. The van der Waals surface area contributed by atoms with Gasteiger partial charge in [-0.15, -0.1) is 0 Å². The van der Waals surface area contributed by atoms with E-state index in [1.807, 2.05) is 10.9 Å². The first kappa shape index (κ1) is 13.9.